The van der Waals surface area contributed by atoms with Crippen LogP contribution in [0.25, 0.3) is 33.1 Å². The summed E-state index contributed by atoms with van der Waals surface area (Å²) < 4.78 is 13.0. The monoisotopic (exact) mass is 542 g/mol. The molecule has 0 radical (unpaired) electrons. The van der Waals surface area contributed by atoms with Gasteiger partial charge in [0.2, 0.25) is 0 Å². The fraction of sp³-hybridized carbons (Fsp3) is 0. The fourth-order valence-corrected chi connectivity index (χ4v) is 5.71. The first kappa shape index (κ1) is 24.1. The van der Waals surface area contributed by atoms with Crippen LogP contribution in [-0.2, 0) is 0 Å². The highest BCUT2D eigenvalue weighted by atomic mass is 16.4. The molecule has 0 saturated carbocycles. The van der Waals surface area contributed by atoms with Crippen LogP contribution in [-0.4, -0.2) is 0 Å². The maximum atomic E-state index is 6.50. The highest BCUT2D eigenvalue weighted by Crippen LogP contribution is 2.43. The first-order chi connectivity index (χ1) is 20.8. The molecule has 0 N–H and O–H groups in total. The van der Waals surface area contributed by atoms with Crippen molar-refractivity contribution < 1.29 is 8.83 Å². The van der Waals surface area contributed by atoms with Crippen LogP contribution in [0, 0.1) is 0 Å². The summed E-state index contributed by atoms with van der Waals surface area (Å²) in [6.07, 6.45) is 0. The van der Waals surface area contributed by atoms with E-state index in [-0.39, 0.29) is 0 Å². The second-order valence-corrected chi connectivity index (χ2v) is 10.2. The Bertz CT molecular complexity index is 1900. The lowest BCUT2D eigenvalue weighted by Crippen LogP contribution is -2.09. The SMILES string of the molecule is c1ccc(N(c2ccccc2)c2ccc3c(c2)oc2c4ccc(N(c5ccccc5)c5ccccc5)cc4oc32)cc1. The fourth-order valence-electron chi connectivity index (χ4n) is 5.71. The van der Waals surface area contributed by atoms with Crippen molar-refractivity contribution in [3.05, 3.63) is 158 Å². The average molecular weight is 543 g/mol. The van der Waals surface area contributed by atoms with Crippen molar-refractivity contribution in [2.24, 2.45) is 0 Å². The van der Waals surface area contributed by atoms with Gasteiger partial charge < -0.3 is 18.6 Å². The molecule has 2 heterocycles. The van der Waals surface area contributed by atoms with Crippen molar-refractivity contribution in [1.29, 1.82) is 0 Å². The maximum Gasteiger partial charge on any atom is 0.181 e. The zero-order valence-corrected chi connectivity index (χ0v) is 22.7. The Morgan fingerprint density at radius 3 is 0.929 bits per heavy atom. The molecule has 0 bridgehead atoms. The summed E-state index contributed by atoms with van der Waals surface area (Å²) in [6.45, 7) is 0. The van der Waals surface area contributed by atoms with Crippen molar-refractivity contribution in [3.8, 4) is 0 Å². The van der Waals surface area contributed by atoms with Crippen molar-refractivity contribution in [2.45, 2.75) is 0 Å². The first-order valence-corrected chi connectivity index (χ1v) is 14.0. The normalized spacial score (nSPS) is 11.3. The lowest BCUT2D eigenvalue weighted by atomic mass is 10.1. The number of anilines is 6. The molecule has 4 heteroatoms. The molecule has 200 valence electrons. The summed E-state index contributed by atoms with van der Waals surface area (Å²) >= 11 is 0. The summed E-state index contributed by atoms with van der Waals surface area (Å²) in [4.78, 5) is 4.46. The van der Waals surface area contributed by atoms with E-state index in [1.165, 1.54) is 0 Å². The van der Waals surface area contributed by atoms with Gasteiger partial charge in [0, 0.05) is 46.3 Å². The van der Waals surface area contributed by atoms with Gasteiger partial charge in [0.15, 0.2) is 11.2 Å². The Kier molecular flexibility index (Phi) is 5.75. The van der Waals surface area contributed by atoms with Gasteiger partial charge in [0.25, 0.3) is 0 Å². The zero-order chi connectivity index (χ0) is 27.9. The van der Waals surface area contributed by atoms with E-state index in [2.05, 4.69) is 143 Å². The number of fused-ring (bicyclic) bond motifs is 5. The number of para-hydroxylation sites is 4. The molecule has 42 heavy (non-hydrogen) atoms. The Balaban J connectivity index is 1.24. The van der Waals surface area contributed by atoms with Crippen molar-refractivity contribution in [2.75, 3.05) is 9.80 Å². The largest absolute Gasteiger partial charge is 0.452 e. The maximum absolute atomic E-state index is 6.50. The second-order valence-electron chi connectivity index (χ2n) is 10.2. The van der Waals surface area contributed by atoms with Crippen LogP contribution in [0.4, 0.5) is 34.1 Å². The Labute approximate surface area is 243 Å². The molecule has 8 rings (SSSR count). The predicted molar refractivity (Wildman–Crippen MR) is 173 cm³/mol. The Morgan fingerprint density at radius 1 is 0.310 bits per heavy atom. The van der Waals surface area contributed by atoms with E-state index in [0.29, 0.717) is 0 Å². The summed E-state index contributed by atoms with van der Waals surface area (Å²) in [5.74, 6) is 0. The lowest BCUT2D eigenvalue weighted by Gasteiger charge is -2.25. The van der Waals surface area contributed by atoms with Crippen molar-refractivity contribution >= 4 is 67.2 Å². The molecule has 0 aliphatic heterocycles. The highest BCUT2D eigenvalue weighted by Gasteiger charge is 2.20. The quantitative estimate of drug-likeness (QED) is 0.209. The van der Waals surface area contributed by atoms with Crippen LogP contribution in [0.1, 0.15) is 0 Å². The van der Waals surface area contributed by atoms with E-state index < -0.39 is 0 Å². The average Bonchev–Trinajstić information content (AvgIpc) is 3.59. The molecular weight excluding hydrogens is 516 g/mol. The summed E-state index contributed by atoms with van der Waals surface area (Å²) in [7, 11) is 0. The smallest absolute Gasteiger partial charge is 0.181 e. The van der Waals surface area contributed by atoms with Crippen LogP contribution in [0.15, 0.2) is 167 Å². The molecule has 0 aliphatic carbocycles. The lowest BCUT2D eigenvalue weighted by molar-refractivity contribution is 0.653. The van der Waals surface area contributed by atoms with Crippen molar-refractivity contribution in [1.82, 2.24) is 0 Å². The van der Waals surface area contributed by atoms with Crippen LogP contribution in [0.5, 0.6) is 0 Å². The minimum absolute atomic E-state index is 0.764. The predicted octanol–water partition coefficient (Wildman–Crippen LogP) is 11.3. The number of benzene rings is 6. The molecule has 4 nitrogen and oxygen atoms in total. The summed E-state index contributed by atoms with van der Waals surface area (Å²) in [5, 5.41) is 1.91. The van der Waals surface area contributed by atoms with Gasteiger partial charge in [-0.3, -0.25) is 0 Å². The molecule has 0 saturated heterocycles. The molecule has 0 unspecified atom stereocenters. The van der Waals surface area contributed by atoms with Gasteiger partial charge in [0.1, 0.15) is 11.2 Å². The molecule has 2 aromatic heterocycles. The van der Waals surface area contributed by atoms with Gasteiger partial charge in [-0.1, -0.05) is 72.8 Å². The van der Waals surface area contributed by atoms with E-state index in [9.17, 15) is 0 Å². The molecule has 0 amide bonds. The summed E-state index contributed by atoms with van der Waals surface area (Å²) in [6, 6.07) is 54.1. The number of hydrogen-bond acceptors (Lipinski definition) is 4. The molecular formula is C38H26N2O2. The van der Waals surface area contributed by atoms with E-state index in [1.807, 2.05) is 24.3 Å². The standard InChI is InChI=1S/C38H26N2O2/c1-5-13-27(14-6-1)39(28-15-7-2-8-16-28)31-21-23-33-35(25-31)41-38-34-24-22-32(26-36(34)42-37(33)38)40(29-17-9-3-10-18-29)30-19-11-4-12-20-30/h1-26H. The molecule has 0 spiro atoms. The molecule has 0 fully saturated rings. The van der Waals surface area contributed by atoms with Crippen LogP contribution < -0.4 is 9.80 Å². The second kappa shape index (κ2) is 10.0. The first-order valence-electron chi connectivity index (χ1n) is 14.0. The van der Waals surface area contributed by atoms with E-state index in [1.54, 1.807) is 0 Å². The molecule has 0 aliphatic rings. The van der Waals surface area contributed by atoms with Gasteiger partial charge in [-0.15, -0.1) is 0 Å². The van der Waals surface area contributed by atoms with Gasteiger partial charge in [-0.05, 0) is 72.8 Å². The van der Waals surface area contributed by atoms with Crippen LogP contribution in [0.3, 0.4) is 0 Å². The molecule has 0 atom stereocenters. The van der Waals surface area contributed by atoms with Gasteiger partial charge in [-0.2, -0.15) is 0 Å². The van der Waals surface area contributed by atoms with Gasteiger partial charge in [0.05, 0.1) is 10.8 Å². The zero-order valence-electron chi connectivity index (χ0n) is 22.7. The van der Waals surface area contributed by atoms with Crippen molar-refractivity contribution in [3.63, 3.8) is 0 Å². The Hall–Kier alpha value is -5.74. The number of furan rings is 2. The van der Waals surface area contributed by atoms with E-state index in [0.717, 1.165) is 67.2 Å². The van der Waals surface area contributed by atoms with Crippen LogP contribution >= 0.6 is 0 Å². The minimum Gasteiger partial charge on any atom is -0.452 e. The van der Waals surface area contributed by atoms with E-state index in [4.69, 9.17) is 8.83 Å². The third-order valence-electron chi connectivity index (χ3n) is 7.62. The van der Waals surface area contributed by atoms with Gasteiger partial charge >= 0.3 is 0 Å². The van der Waals surface area contributed by atoms with Gasteiger partial charge in [-0.25, -0.2) is 0 Å². The Morgan fingerprint density at radius 2 is 0.619 bits per heavy atom. The highest BCUT2D eigenvalue weighted by molar-refractivity contribution is 6.13. The number of rotatable bonds is 6. The number of nitrogens with zero attached hydrogens (tertiary/aromatic N) is 2. The number of hydrogen-bond donors (Lipinski definition) is 0. The third-order valence-corrected chi connectivity index (χ3v) is 7.62. The topological polar surface area (TPSA) is 32.8 Å². The summed E-state index contributed by atoms with van der Waals surface area (Å²) in [5.41, 5.74) is 9.47. The van der Waals surface area contributed by atoms with E-state index >= 15 is 0 Å². The minimum atomic E-state index is 0.764. The van der Waals surface area contributed by atoms with Crippen LogP contribution in [0.2, 0.25) is 0 Å². The third kappa shape index (κ3) is 4.09. The molecule has 8 aromatic rings. The molecule has 6 aromatic carbocycles.